The van der Waals surface area contributed by atoms with Crippen LogP contribution in [0.3, 0.4) is 0 Å². The topological polar surface area (TPSA) is 0 Å². The number of unbranched alkanes of at least 4 members (excludes halogenated alkanes) is 7. The molecule has 0 aliphatic heterocycles. The summed E-state index contributed by atoms with van der Waals surface area (Å²) >= 11 is 0. The van der Waals surface area contributed by atoms with Crippen LogP contribution in [0.5, 0.6) is 0 Å². The molecule has 0 bridgehead atoms. The average molecular weight is 222 g/mol. The van der Waals surface area contributed by atoms with Gasteiger partial charge in [0.1, 0.15) is 0 Å². The summed E-state index contributed by atoms with van der Waals surface area (Å²) in [5.74, 6) is 0. The normalized spacial score (nSPS) is 11.9. The van der Waals surface area contributed by atoms with Crippen LogP contribution in [-0.2, 0) is 0 Å². The van der Waals surface area contributed by atoms with Gasteiger partial charge in [0.2, 0.25) is 0 Å². The van der Waals surface area contributed by atoms with Crippen LogP contribution in [0, 0.1) is 0 Å². The van der Waals surface area contributed by atoms with E-state index < -0.39 is 0 Å². The van der Waals surface area contributed by atoms with Crippen molar-refractivity contribution < 1.29 is 0 Å². The van der Waals surface area contributed by atoms with E-state index in [1.165, 1.54) is 64.2 Å². The lowest BCUT2D eigenvalue weighted by Crippen LogP contribution is -1.77. The molecule has 0 aliphatic rings. The van der Waals surface area contributed by atoms with E-state index in [4.69, 9.17) is 0 Å². The molecule has 0 amide bonds. The molecular formula is C16H30. The van der Waals surface area contributed by atoms with E-state index in [0.29, 0.717) is 0 Å². The molecule has 0 heterocycles. The highest BCUT2D eigenvalue weighted by molar-refractivity contribution is 4.81. The van der Waals surface area contributed by atoms with Gasteiger partial charge < -0.3 is 0 Å². The van der Waals surface area contributed by atoms with E-state index in [0.717, 1.165) is 0 Å². The van der Waals surface area contributed by atoms with Crippen LogP contribution in [-0.4, -0.2) is 0 Å². The summed E-state index contributed by atoms with van der Waals surface area (Å²) in [6.45, 7) is 4.45. The smallest absolute Gasteiger partial charge is 0.0351 e. The molecule has 0 unspecified atom stereocenters. The van der Waals surface area contributed by atoms with Crippen LogP contribution in [0.1, 0.15) is 78.1 Å². The van der Waals surface area contributed by atoms with Crippen LogP contribution in [0.2, 0.25) is 0 Å². The lowest BCUT2D eigenvalue weighted by molar-refractivity contribution is 0.651. The lowest BCUT2D eigenvalue weighted by atomic mass is 10.1. The van der Waals surface area contributed by atoms with Crippen LogP contribution >= 0.6 is 0 Å². The largest absolute Gasteiger partial charge is 0.0888 e. The Morgan fingerprint density at radius 1 is 0.562 bits per heavy atom. The molecule has 0 heteroatoms. The minimum atomic E-state index is 1.18. The predicted molar refractivity (Wildman–Crippen MR) is 75.8 cm³/mol. The molecule has 0 spiro atoms. The van der Waals surface area contributed by atoms with Crippen molar-refractivity contribution in [2.24, 2.45) is 0 Å². The van der Waals surface area contributed by atoms with Crippen molar-refractivity contribution in [3.8, 4) is 0 Å². The minimum absolute atomic E-state index is 1.18. The first-order valence-electron chi connectivity index (χ1n) is 7.21. The molecule has 16 heavy (non-hydrogen) atoms. The number of rotatable bonds is 11. The molecule has 0 fully saturated rings. The Balaban J connectivity index is 3.03. The first-order chi connectivity index (χ1) is 7.91. The van der Waals surface area contributed by atoms with E-state index >= 15 is 0 Å². The highest BCUT2D eigenvalue weighted by Crippen LogP contribution is 2.07. The molecule has 0 aromatic heterocycles. The van der Waals surface area contributed by atoms with Crippen LogP contribution in [0.15, 0.2) is 24.3 Å². The van der Waals surface area contributed by atoms with Crippen molar-refractivity contribution >= 4 is 0 Å². The van der Waals surface area contributed by atoms with Gasteiger partial charge in [-0.1, -0.05) is 63.8 Å². The van der Waals surface area contributed by atoms with Crippen molar-refractivity contribution in [1.29, 1.82) is 0 Å². The molecule has 0 atom stereocenters. The standard InChI is InChI=1S/C16H30/c1-3-5-7-9-11-13-15-16-14-12-10-8-6-4-2/h5,7,10,12H,3-4,6,8-9,11,13-16H2,1-2H3. The zero-order valence-electron chi connectivity index (χ0n) is 11.4. The Morgan fingerprint density at radius 2 is 1.06 bits per heavy atom. The second-order valence-electron chi connectivity index (χ2n) is 4.48. The molecule has 0 saturated carbocycles. The summed E-state index contributed by atoms with van der Waals surface area (Å²) in [5, 5.41) is 0. The fraction of sp³-hybridized carbons (Fsp3) is 0.750. The third-order valence-electron chi connectivity index (χ3n) is 2.78. The first-order valence-corrected chi connectivity index (χ1v) is 7.21. The van der Waals surface area contributed by atoms with E-state index in [2.05, 4.69) is 38.2 Å². The second kappa shape index (κ2) is 14.5. The monoisotopic (exact) mass is 222 g/mol. The lowest BCUT2D eigenvalue weighted by Gasteiger charge is -1.97. The van der Waals surface area contributed by atoms with Gasteiger partial charge in [-0.25, -0.2) is 0 Å². The van der Waals surface area contributed by atoms with Crippen LogP contribution in [0.25, 0.3) is 0 Å². The van der Waals surface area contributed by atoms with Gasteiger partial charge in [-0.15, -0.1) is 0 Å². The molecule has 0 radical (unpaired) electrons. The Kier molecular flexibility index (Phi) is 14.0. The molecule has 0 aromatic rings. The Morgan fingerprint density at radius 3 is 1.56 bits per heavy atom. The van der Waals surface area contributed by atoms with Crippen molar-refractivity contribution in [3.63, 3.8) is 0 Å². The summed E-state index contributed by atoms with van der Waals surface area (Å²) < 4.78 is 0. The number of hydrogen-bond acceptors (Lipinski definition) is 0. The maximum atomic E-state index is 2.37. The number of allylic oxidation sites excluding steroid dienone is 4. The molecule has 0 rings (SSSR count). The summed E-state index contributed by atoms with van der Waals surface area (Å²) in [5.41, 5.74) is 0. The predicted octanol–water partition coefficient (Wildman–Crippen LogP) is 6.04. The van der Waals surface area contributed by atoms with E-state index in [1.807, 2.05) is 0 Å². The maximum Gasteiger partial charge on any atom is -0.0351 e. The van der Waals surface area contributed by atoms with Gasteiger partial charge in [-0.05, 0) is 38.5 Å². The second-order valence-corrected chi connectivity index (χ2v) is 4.48. The summed E-state index contributed by atoms with van der Waals surface area (Å²) in [6, 6.07) is 0. The summed E-state index contributed by atoms with van der Waals surface area (Å²) in [6.07, 6.45) is 22.6. The van der Waals surface area contributed by atoms with Crippen LogP contribution in [0.4, 0.5) is 0 Å². The molecule has 0 saturated heterocycles. The van der Waals surface area contributed by atoms with Crippen molar-refractivity contribution in [2.75, 3.05) is 0 Å². The molecule has 0 N–H and O–H groups in total. The van der Waals surface area contributed by atoms with E-state index in [-0.39, 0.29) is 0 Å². The minimum Gasteiger partial charge on any atom is -0.0888 e. The van der Waals surface area contributed by atoms with Gasteiger partial charge in [0.05, 0.1) is 0 Å². The quantitative estimate of drug-likeness (QED) is 0.295. The van der Waals surface area contributed by atoms with Crippen molar-refractivity contribution in [3.05, 3.63) is 24.3 Å². The van der Waals surface area contributed by atoms with Gasteiger partial charge in [0, 0.05) is 0 Å². The summed E-state index contributed by atoms with van der Waals surface area (Å²) in [4.78, 5) is 0. The van der Waals surface area contributed by atoms with Crippen LogP contribution < -0.4 is 0 Å². The SMILES string of the molecule is CCC=CCCCCCCC=CCCCC. The third kappa shape index (κ3) is 13.5. The maximum absolute atomic E-state index is 2.37. The van der Waals surface area contributed by atoms with Gasteiger partial charge in [0.25, 0.3) is 0 Å². The van der Waals surface area contributed by atoms with E-state index in [1.54, 1.807) is 0 Å². The van der Waals surface area contributed by atoms with Crippen molar-refractivity contribution in [1.82, 2.24) is 0 Å². The zero-order valence-corrected chi connectivity index (χ0v) is 11.4. The molecule has 0 aliphatic carbocycles. The molecule has 94 valence electrons. The van der Waals surface area contributed by atoms with Crippen molar-refractivity contribution in [2.45, 2.75) is 78.1 Å². The molecule has 0 nitrogen and oxygen atoms in total. The molecular weight excluding hydrogens is 192 g/mol. The van der Waals surface area contributed by atoms with Gasteiger partial charge >= 0.3 is 0 Å². The van der Waals surface area contributed by atoms with Gasteiger partial charge in [-0.3, -0.25) is 0 Å². The fourth-order valence-corrected chi connectivity index (χ4v) is 1.72. The Labute approximate surface area is 103 Å². The fourth-order valence-electron chi connectivity index (χ4n) is 1.72. The Bertz CT molecular complexity index is 165. The third-order valence-corrected chi connectivity index (χ3v) is 2.78. The van der Waals surface area contributed by atoms with E-state index in [9.17, 15) is 0 Å². The molecule has 0 aromatic carbocycles. The van der Waals surface area contributed by atoms with Gasteiger partial charge in [0.15, 0.2) is 0 Å². The Hall–Kier alpha value is -0.520. The zero-order chi connectivity index (χ0) is 11.9. The highest BCUT2D eigenvalue weighted by Gasteiger charge is 1.87. The summed E-state index contributed by atoms with van der Waals surface area (Å²) in [7, 11) is 0. The average Bonchev–Trinajstić information content (AvgIpc) is 2.31. The highest BCUT2D eigenvalue weighted by atomic mass is 13.9. The van der Waals surface area contributed by atoms with Gasteiger partial charge in [-0.2, -0.15) is 0 Å². The first kappa shape index (κ1) is 15.5. The number of hydrogen-bond donors (Lipinski definition) is 0.